The first-order valence-corrected chi connectivity index (χ1v) is 11.5. The summed E-state index contributed by atoms with van der Waals surface area (Å²) in [6.07, 6.45) is 0. The van der Waals surface area contributed by atoms with Crippen molar-refractivity contribution >= 4 is 35.8 Å². The van der Waals surface area contributed by atoms with Crippen molar-refractivity contribution in [3.8, 4) is 0 Å². The molecule has 0 aromatic heterocycles. The number of hydrogen-bond donors (Lipinski definition) is 2. The molecule has 0 amide bonds. The predicted octanol–water partition coefficient (Wildman–Crippen LogP) is -4.51. The van der Waals surface area contributed by atoms with E-state index in [9.17, 15) is 25.9 Å². The van der Waals surface area contributed by atoms with Gasteiger partial charge in [-0.2, -0.15) is 16.8 Å². The molecule has 0 radical (unpaired) electrons. The molecule has 2 rings (SSSR count). The molecule has 2 aromatic carbocycles. The Morgan fingerprint density at radius 3 is 1.13 bits per heavy atom. The van der Waals surface area contributed by atoms with Crippen LogP contribution in [0.25, 0.3) is 0 Å². The summed E-state index contributed by atoms with van der Waals surface area (Å²) in [5, 5.41) is -0.331. The Bertz CT molecular complexity index is 778. The second-order valence-corrected chi connectivity index (χ2v) is 14.8. The summed E-state index contributed by atoms with van der Waals surface area (Å²) in [6.45, 7) is 0. The van der Waals surface area contributed by atoms with Crippen molar-refractivity contribution in [3.63, 3.8) is 0 Å². The summed E-state index contributed by atoms with van der Waals surface area (Å²) in [5.74, 6) is 0. The van der Waals surface area contributed by atoms with E-state index in [1.807, 2.05) is 0 Å². The van der Waals surface area contributed by atoms with Crippen molar-refractivity contribution in [2.45, 2.75) is 0 Å². The molecule has 0 spiro atoms. The van der Waals surface area contributed by atoms with E-state index in [0.29, 0.717) is 0 Å². The van der Waals surface area contributed by atoms with Gasteiger partial charge in [0.1, 0.15) is 10.6 Å². The molecule has 0 saturated heterocycles. The smallest absolute Gasteiger partial charge is 1.00 e. The van der Waals surface area contributed by atoms with Gasteiger partial charge in [0.15, 0.2) is 0 Å². The Balaban J connectivity index is -0.00000121. The van der Waals surface area contributed by atoms with Crippen molar-refractivity contribution in [2.24, 2.45) is 0 Å². The molecule has 0 fully saturated rings. The van der Waals surface area contributed by atoms with E-state index in [1.165, 1.54) is 48.5 Å². The maximum Gasteiger partial charge on any atom is 1.00 e. The van der Waals surface area contributed by atoms with Crippen LogP contribution < -0.4 is 69.7 Å². The van der Waals surface area contributed by atoms with Gasteiger partial charge >= 0.3 is 84.3 Å². The van der Waals surface area contributed by atoms with Crippen molar-refractivity contribution in [2.75, 3.05) is 0 Å². The van der Waals surface area contributed by atoms with Crippen LogP contribution in [0.2, 0.25) is 0 Å². The van der Waals surface area contributed by atoms with E-state index in [-0.39, 0.29) is 72.6 Å². The van der Waals surface area contributed by atoms with E-state index in [0.717, 1.165) is 0 Å². The van der Waals surface area contributed by atoms with Crippen LogP contribution in [0.15, 0.2) is 60.7 Å². The fourth-order valence-corrected chi connectivity index (χ4v) is 12.3. The van der Waals surface area contributed by atoms with E-state index in [1.54, 1.807) is 12.1 Å². The van der Waals surface area contributed by atoms with Gasteiger partial charge in [0.05, 0.1) is 0 Å². The first kappa shape index (κ1) is 23.7. The molecule has 2 aromatic rings. The number of hydrogen-bond acceptors (Lipinski definition) is 4. The Morgan fingerprint density at radius 1 is 0.652 bits per heavy atom. The van der Waals surface area contributed by atoms with Crippen LogP contribution in [0.3, 0.4) is 0 Å². The summed E-state index contributed by atoms with van der Waals surface area (Å²) in [7, 11) is -10.2. The summed E-state index contributed by atoms with van der Waals surface area (Å²) in [4.78, 5) is 0. The molecule has 0 unspecified atom stereocenters. The second-order valence-electron chi connectivity index (χ2n) is 4.12. The molecule has 0 bridgehead atoms. The van der Waals surface area contributed by atoms with Crippen LogP contribution in [0.5, 0.6) is 0 Å². The van der Waals surface area contributed by atoms with Gasteiger partial charge in [-0.05, 0) is 24.3 Å². The Kier molecular flexibility index (Phi) is 9.14. The maximum absolute atomic E-state index is 12.0. The third-order valence-electron chi connectivity index (χ3n) is 2.84. The average Bonchev–Trinajstić information content (AvgIpc) is 2.38. The Morgan fingerprint density at radius 2 is 0.913 bits per heavy atom. The molecular weight excluding hydrogens is 381 g/mol. The molecule has 0 atom stereocenters. The third kappa shape index (κ3) is 4.46. The SMILES string of the molecule is O=S(=O)(O)[P+](c1ccccc1)(c1ccccc1)S(=O)(=O)O.[H-].[H-].[Na+].[Na+]. The van der Waals surface area contributed by atoms with Gasteiger partial charge in [0.25, 0.3) is 0 Å². The van der Waals surface area contributed by atoms with Gasteiger partial charge in [0.2, 0.25) is 0 Å². The quantitative estimate of drug-likeness (QED) is 0.307. The molecule has 0 aliphatic heterocycles. The molecule has 11 heteroatoms. The number of rotatable bonds is 4. The van der Waals surface area contributed by atoms with Gasteiger partial charge in [-0.15, -0.1) is 0 Å². The fraction of sp³-hybridized carbons (Fsp3) is 0. The molecule has 2 N–H and O–H groups in total. The van der Waals surface area contributed by atoms with Gasteiger partial charge in [-0.3, -0.25) is 9.11 Å². The van der Waals surface area contributed by atoms with Crippen LogP contribution in [-0.4, -0.2) is 25.9 Å². The van der Waals surface area contributed by atoms with Crippen LogP contribution >= 0.6 is 5.67 Å². The first-order valence-electron chi connectivity index (χ1n) is 5.67. The third-order valence-corrected chi connectivity index (χ3v) is 15.9. The summed E-state index contributed by atoms with van der Waals surface area (Å²) in [6, 6.07) is 13.9. The van der Waals surface area contributed by atoms with E-state index in [4.69, 9.17) is 0 Å². The average molecular weight is 395 g/mol. The van der Waals surface area contributed by atoms with E-state index in [2.05, 4.69) is 0 Å². The summed E-state index contributed by atoms with van der Waals surface area (Å²) in [5.41, 5.74) is -4.51. The standard InChI is InChI=1S/C12H11O6PS2.2Na.2H/c13-20(14,15)19(21(16,17)18,11-7-3-1-4-8-11)12-9-5-2-6-10-12;;;;/h1-10H,(H-,13,14,15,16,17,18);;;;/q;2*+1;2*-1/p+1. The predicted molar refractivity (Wildman–Crippen MR) is 84.4 cm³/mol. The first-order chi connectivity index (χ1) is 9.71. The zero-order chi connectivity index (χ0) is 15.7. The zero-order valence-electron chi connectivity index (χ0n) is 14.6. The van der Waals surface area contributed by atoms with Crippen LogP contribution in [-0.2, 0) is 19.5 Å². The van der Waals surface area contributed by atoms with E-state index < -0.39 is 25.1 Å². The van der Waals surface area contributed by atoms with Crippen molar-refractivity contribution in [1.82, 2.24) is 0 Å². The Hall–Kier alpha value is 0.690. The van der Waals surface area contributed by atoms with Crippen LogP contribution in [0.4, 0.5) is 0 Å². The zero-order valence-corrected chi connectivity index (χ0v) is 19.1. The molecule has 6 nitrogen and oxygen atoms in total. The van der Waals surface area contributed by atoms with Crippen molar-refractivity contribution < 1.29 is 87.9 Å². The summed E-state index contributed by atoms with van der Waals surface area (Å²) >= 11 is 0. The van der Waals surface area contributed by atoms with Crippen molar-refractivity contribution in [1.29, 1.82) is 0 Å². The molecule has 0 aliphatic carbocycles. The normalized spacial score (nSPS) is 11.9. The van der Waals surface area contributed by atoms with Gasteiger partial charge in [0, 0.05) is 0 Å². The topological polar surface area (TPSA) is 109 Å². The monoisotopic (exact) mass is 395 g/mol. The minimum atomic E-state index is -5.12. The minimum Gasteiger partial charge on any atom is -1.00 e. The van der Waals surface area contributed by atoms with E-state index >= 15 is 0 Å². The van der Waals surface area contributed by atoms with Gasteiger partial charge in [-0.1, -0.05) is 36.4 Å². The number of benzene rings is 2. The van der Waals surface area contributed by atoms with Crippen LogP contribution in [0.1, 0.15) is 2.85 Å². The fourth-order valence-electron chi connectivity index (χ4n) is 2.05. The van der Waals surface area contributed by atoms with Crippen molar-refractivity contribution in [3.05, 3.63) is 60.7 Å². The minimum absolute atomic E-state index is 0. The molecule has 116 valence electrons. The van der Waals surface area contributed by atoms with Crippen LogP contribution in [0, 0.1) is 0 Å². The Labute approximate surface area is 182 Å². The molecule has 0 heterocycles. The molecule has 0 saturated carbocycles. The van der Waals surface area contributed by atoms with Gasteiger partial charge < -0.3 is 2.85 Å². The second kappa shape index (κ2) is 8.87. The van der Waals surface area contributed by atoms with Gasteiger partial charge in [-0.25, -0.2) is 0 Å². The summed E-state index contributed by atoms with van der Waals surface area (Å²) < 4.78 is 67.2. The maximum atomic E-state index is 12.0. The molecular formula is C12H14Na2O6PS2+. The molecule has 23 heavy (non-hydrogen) atoms. The molecule has 0 aliphatic rings. The largest absolute Gasteiger partial charge is 1.00 e.